The van der Waals surface area contributed by atoms with Gasteiger partial charge in [0, 0.05) is 11.5 Å². The molecule has 1 aromatic heterocycles. The number of nitrogens with zero attached hydrogens (tertiary/aromatic N) is 1. The van der Waals surface area contributed by atoms with Crippen LogP contribution in [0.15, 0.2) is 18.3 Å². The van der Waals surface area contributed by atoms with Crippen molar-refractivity contribution in [2.24, 2.45) is 0 Å². The van der Waals surface area contributed by atoms with Crippen molar-refractivity contribution in [3.63, 3.8) is 0 Å². The van der Waals surface area contributed by atoms with Gasteiger partial charge in [0.05, 0.1) is 0 Å². The highest BCUT2D eigenvalue weighted by Crippen LogP contribution is 2.06. The summed E-state index contributed by atoms with van der Waals surface area (Å²) in [6.07, 6.45) is 1.70. The normalized spacial score (nSPS) is 8.50. The number of alkyl halides is 1. The lowest BCUT2D eigenvalue weighted by atomic mass is 10.3. The minimum absolute atomic E-state index is 0. The van der Waals surface area contributed by atoms with Gasteiger partial charge in [-0.3, -0.25) is 0 Å². The molecular formula is C6H8Br2N2. The zero-order chi connectivity index (χ0) is 6.69. The van der Waals surface area contributed by atoms with Crippen molar-refractivity contribution in [3.8, 4) is 0 Å². The largest absolute Gasteiger partial charge is 0.384 e. The maximum absolute atomic E-state index is 5.40. The fourth-order valence-electron chi connectivity index (χ4n) is 0.578. The first-order valence-electron chi connectivity index (χ1n) is 2.59. The van der Waals surface area contributed by atoms with E-state index in [1.54, 1.807) is 6.20 Å². The quantitative estimate of drug-likeness (QED) is 0.792. The molecule has 0 bridgehead atoms. The highest BCUT2D eigenvalue weighted by molar-refractivity contribution is 9.08. The van der Waals surface area contributed by atoms with Gasteiger partial charge in [-0.1, -0.05) is 15.9 Å². The summed E-state index contributed by atoms with van der Waals surface area (Å²) in [6.45, 7) is 0. The highest BCUT2D eigenvalue weighted by Gasteiger charge is 1.88. The molecule has 1 aromatic rings. The van der Waals surface area contributed by atoms with Crippen LogP contribution in [0.25, 0.3) is 0 Å². The summed E-state index contributed by atoms with van der Waals surface area (Å²) in [5, 5.41) is 0.833. The van der Waals surface area contributed by atoms with Crippen LogP contribution >= 0.6 is 32.9 Å². The van der Waals surface area contributed by atoms with Gasteiger partial charge in [-0.05, 0) is 17.7 Å². The van der Waals surface area contributed by atoms with Crippen LogP contribution in [0.4, 0.5) is 5.82 Å². The molecule has 0 spiro atoms. The van der Waals surface area contributed by atoms with E-state index in [2.05, 4.69) is 20.9 Å². The summed E-state index contributed by atoms with van der Waals surface area (Å²) in [6, 6.07) is 3.76. The number of nitrogens with two attached hydrogens (primary N) is 1. The number of anilines is 1. The molecule has 1 heterocycles. The van der Waals surface area contributed by atoms with E-state index in [1.165, 1.54) is 0 Å². The van der Waals surface area contributed by atoms with Crippen molar-refractivity contribution in [1.82, 2.24) is 4.98 Å². The molecule has 0 aromatic carbocycles. The van der Waals surface area contributed by atoms with Gasteiger partial charge in [-0.25, -0.2) is 4.98 Å². The molecule has 0 aliphatic carbocycles. The van der Waals surface area contributed by atoms with Crippen LogP contribution in [-0.2, 0) is 5.33 Å². The van der Waals surface area contributed by atoms with Crippen LogP contribution in [-0.4, -0.2) is 4.98 Å². The van der Waals surface area contributed by atoms with E-state index in [-0.39, 0.29) is 17.0 Å². The first-order chi connectivity index (χ1) is 4.33. The van der Waals surface area contributed by atoms with Gasteiger partial charge >= 0.3 is 0 Å². The predicted molar refractivity (Wildman–Crippen MR) is 51.6 cm³/mol. The predicted octanol–water partition coefficient (Wildman–Crippen LogP) is 2.14. The molecule has 0 aliphatic heterocycles. The summed E-state index contributed by atoms with van der Waals surface area (Å²) in [7, 11) is 0. The standard InChI is InChI=1S/C6H7BrN2.BrH/c7-4-5-1-2-9-6(8)3-5;/h1-3H,4H2,(H2,8,9);1H. The van der Waals surface area contributed by atoms with Crippen molar-refractivity contribution in [3.05, 3.63) is 23.9 Å². The number of hydrogen-bond donors (Lipinski definition) is 1. The first-order valence-corrected chi connectivity index (χ1v) is 3.71. The van der Waals surface area contributed by atoms with E-state index >= 15 is 0 Å². The molecule has 0 amide bonds. The minimum Gasteiger partial charge on any atom is -0.384 e. The number of rotatable bonds is 1. The molecule has 56 valence electrons. The maximum atomic E-state index is 5.40. The number of pyridine rings is 1. The van der Waals surface area contributed by atoms with Gasteiger partial charge in [0.25, 0.3) is 0 Å². The van der Waals surface area contributed by atoms with Gasteiger partial charge in [0.1, 0.15) is 5.82 Å². The Morgan fingerprint density at radius 1 is 1.60 bits per heavy atom. The Bertz CT molecular complexity index is 203. The van der Waals surface area contributed by atoms with Crippen LogP contribution in [0.3, 0.4) is 0 Å². The van der Waals surface area contributed by atoms with Crippen molar-refractivity contribution in [2.75, 3.05) is 5.73 Å². The van der Waals surface area contributed by atoms with E-state index in [0.29, 0.717) is 5.82 Å². The van der Waals surface area contributed by atoms with Crippen molar-refractivity contribution < 1.29 is 0 Å². The van der Waals surface area contributed by atoms with Gasteiger partial charge in [-0.15, -0.1) is 17.0 Å². The van der Waals surface area contributed by atoms with Crippen LogP contribution < -0.4 is 5.73 Å². The molecule has 0 unspecified atom stereocenters. The molecule has 0 atom stereocenters. The molecule has 0 radical (unpaired) electrons. The molecule has 1 rings (SSSR count). The Morgan fingerprint density at radius 3 is 2.70 bits per heavy atom. The summed E-state index contributed by atoms with van der Waals surface area (Å²) >= 11 is 3.31. The Balaban J connectivity index is 0.000000810. The fourth-order valence-corrected chi connectivity index (χ4v) is 0.926. The lowest BCUT2D eigenvalue weighted by Gasteiger charge is -1.93. The SMILES string of the molecule is Br.Nc1cc(CBr)ccn1. The summed E-state index contributed by atoms with van der Waals surface area (Å²) in [4.78, 5) is 3.84. The second kappa shape index (κ2) is 4.68. The highest BCUT2D eigenvalue weighted by atomic mass is 79.9. The van der Waals surface area contributed by atoms with E-state index in [1.807, 2.05) is 12.1 Å². The van der Waals surface area contributed by atoms with Crippen molar-refractivity contribution in [2.45, 2.75) is 5.33 Å². The van der Waals surface area contributed by atoms with Crippen LogP contribution in [0.1, 0.15) is 5.56 Å². The average Bonchev–Trinajstić information content (AvgIpc) is 1.88. The molecule has 10 heavy (non-hydrogen) atoms. The zero-order valence-corrected chi connectivity index (χ0v) is 8.55. The molecule has 4 heteroatoms. The van der Waals surface area contributed by atoms with Crippen LogP contribution in [0.2, 0.25) is 0 Å². The zero-order valence-electron chi connectivity index (χ0n) is 5.25. The van der Waals surface area contributed by atoms with Crippen molar-refractivity contribution in [1.29, 1.82) is 0 Å². The Labute approximate surface area is 78.7 Å². The lowest BCUT2D eigenvalue weighted by Crippen LogP contribution is -1.89. The van der Waals surface area contributed by atoms with Crippen LogP contribution in [0.5, 0.6) is 0 Å². The molecule has 2 nitrogen and oxygen atoms in total. The third kappa shape index (κ3) is 2.66. The number of nitrogen functional groups attached to an aromatic ring is 1. The molecule has 0 aliphatic rings. The van der Waals surface area contributed by atoms with Gasteiger partial charge in [0.2, 0.25) is 0 Å². The number of aromatic nitrogens is 1. The Hall–Kier alpha value is -0.0900. The summed E-state index contributed by atoms with van der Waals surface area (Å²) in [5.41, 5.74) is 6.56. The van der Waals surface area contributed by atoms with Crippen LogP contribution in [0, 0.1) is 0 Å². The molecule has 0 saturated heterocycles. The van der Waals surface area contributed by atoms with Crippen molar-refractivity contribution >= 4 is 38.7 Å². The first kappa shape index (κ1) is 9.91. The smallest absolute Gasteiger partial charge is 0.123 e. The summed E-state index contributed by atoms with van der Waals surface area (Å²) in [5.74, 6) is 0.576. The molecule has 2 N–H and O–H groups in total. The van der Waals surface area contributed by atoms with E-state index in [4.69, 9.17) is 5.73 Å². The Morgan fingerprint density at radius 2 is 2.30 bits per heavy atom. The maximum Gasteiger partial charge on any atom is 0.123 e. The Kier molecular flexibility index (Phi) is 4.64. The fraction of sp³-hybridized carbons (Fsp3) is 0.167. The molecule has 0 saturated carbocycles. The minimum atomic E-state index is 0. The number of hydrogen-bond acceptors (Lipinski definition) is 2. The van der Waals surface area contributed by atoms with E-state index < -0.39 is 0 Å². The third-order valence-electron chi connectivity index (χ3n) is 1.000. The van der Waals surface area contributed by atoms with Gasteiger partial charge in [0.15, 0.2) is 0 Å². The third-order valence-corrected chi connectivity index (χ3v) is 1.65. The van der Waals surface area contributed by atoms with Gasteiger partial charge < -0.3 is 5.73 Å². The van der Waals surface area contributed by atoms with E-state index in [9.17, 15) is 0 Å². The second-order valence-corrected chi connectivity index (χ2v) is 2.28. The van der Waals surface area contributed by atoms with E-state index in [0.717, 1.165) is 10.9 Å². The molecular weight excluding hydrogens is 260 g/mol. The monoisotopic (exact) mass is 266 g/mol. The topological polar surface area (TPSA) is 38.9 Å². The second-order valence-electron chi connectivity index (χ2n) is 1.72. The summed E-state index contributed by atoms with van der Waals surface area (Å²) < 4.78 is 0. The van der Waals surface area contributed by atoms with Gasteiger partial charge in [-0.2, -0.15) is 0 Å². The average molecular weight is 268 g/mol. The lowest BCUT2D eigenvalue weighted by molar-refractivity contribution is 1.29. The number of halogens is 2. The molecule has 0 fully saturated rings.